The number of H-pyrrole nitrogens is 2. The van der Waals surface area contributed by atoms with Crippen molar-refractivity contribution in [2.24, 2.45) is 0 Å². The molecule has 0 saturated heterocycles. The van der Waals surface area contributed by atoms with Crippen LogP contribution in [0.25, 0.3) is 0 Å². The van der Waals surface area contributed by atoms with Crippen molar-refractivity contribution in [3.63, 3.8) is 0 Å². The van der Waals surface area contributed by atoms with Crippen LogP contribution in [-0.2, 0) is 32.2 Å². The molecular formula is C16H18N4O8. The number of rotatable bonds is 7. The summed E-state index contributed by atoms with van der Waals surface area (Å²) in [7, 11) is 0. The maximum atomic E-state index is 11.7. The molecule has 2 N–H and O–H groups in total. The molecule has 2 rings (SSSR count). The first-order valence-corrected chi connectivity index (χ1v) is 8.09. The zero-order valence-corrected chi connectivity index (χ0v) is 15.1. The standard InChI is InChI=1S/C16H18N4O8/c1-9-5-19(15(25)17-13(9)23)7-11(21)27-3-4-28-12(22)8-20-6-10(2)14(24)18-16(20)26/h5-6H,3-4,7-8H2,1-2H3,(H,17,23,25)(H,18,24,26). The zero-order valence-electron chi connectivity index (χ0n) is 15.1. The van der Waals surface area contributed by atoms with Gasteiger partial charge in [0.2, 0.25) is 0 Å². The van der Waals surface area contributed by atoms with Crippen LogP contribution in [0.4, 0.5) is 0 Å². The summed E-state index contributed by atoms with van der Waals surface area (Å²) < 4.78 is 11.7. The van der Waals surface area contributed by atoms with Gasteiger partial charge in [0.1, 0.15) is 26.3 Å². The van der Waals surface area contributed by atoms with Crippen molar-refractivity contribution in [1.29, 1.82) is 0 Å². The normalized spacial score (nSPS) is 10.5. The van der Waals surface area contributed by atoms with Crippen molar-refractivity contribution < 1.29 is 19.1 Å². The zero-order chi connectivity index (χ0) is 20.8. The Hall–Kier alpha value is -3.70. The number of nitrogens with one attached hydrogen (secondary N) is 2. The maximum absolute atomic E-state index is 11.7. The Morgan fingerprint density at radius 1 is 0.786 bits per heavy atom. The highest BCUT2D eigenvalue weighted by Crippen LogP contribution is 1.91. The SMILES string of the molecule is Cc1cn(CC(=O)OCCOC(=O)Cn2cc(C)c(=O)[nH]c2=O)c(=O)[nH]c1=O. The first kappa shape index (κ1) is 20.6. The molecule has 0 bridgehead atoms. The van der Waals surface area contributed by atoms with E-state index in [1.165, 1.54) is 26.2 Å². The molecule has 2 heterocycles. The predicted molar refractivity (Wildman–Crippen MR) is 94.0 cm³/mol. The van der Waals surface area contributed by atoms with Gasteiger partial charge < -0.3 is 9.47 Å². The Bertz CT molecular complexity index is 1030. The number of ether oxygens (including phenoxy) is 2. The Kier molecular flexibility index (Phi) is 6.47. The molecular weight excluding hydrogens is 376 g/mol. The lowest BCUT2D eigenvalue weighted by molar-refractivity contribution is -0.153. The van der Waals surface area contributed by atoms with Crippen molar-refractivity contribution in [2.45, 2.75) is 26.9 Å². The second-order valence-corrected chi connectivity index (χ2v) is 5.84. The summed E-state index contributed by atoms with van der Waals surface area (Å²) in [5.41, 5.74) is -2.07. The van der Waals surface area contributed by atoms with Gasteiger partial charge in [0.15, 0.2) is 0 Å². The van der Waals surface area contributed by atoms with Crippen LogP contribution in [0.1, 0.15) is 11.1 Å². The van der Waals surface area contributed by atoms with E-state index < -0.39 is 47.5 Å². The van der Waals surface area contributed by atoms with E-state index >= 15 is 0 Å². The molecule has 12 nitrogen and oxygen atoms in total. The highest BCUT2D eigenvalue weighted by atomic mass is 16.6. The minimum atomic E-state index is -0.767. The second-order valence-electron chi connectivity index (χ2n) is 5.84. The first-order valence-electron chi connectivity index (χ1n) is 8.09. The van der Waals surface area contributed by atoms with Crippen molar-refractivity contribution in [2.75, 3.05) is 13.2 Å². The number of aryl methyl sites for hydroxylation is 2. The molecule has 2 aromatic rings. The smallest absolute Gasteiger partial charge is 0.328 e. The van der Waals surface area contributed by atoms with E-state index in [4.69, 9.17) is 9.47 Å². The van der Waals surface area contributed by atoms with Gasteiger partial charge in [-0.25, -0.2) is 9.59 Å². The minimum absolute atomic E-state index is 0.258. The maximum Gasteiger partial charge on any atom is 0.328 e. The van der Waals surface area contributed by atoms with E-state index in [2.05, 4.69) is 9.97 Å². The monoisotopic (exact) mass is 394 g/mol. The van der Waals surface area contributed by atoms with Crippen LogP contribution in [0.3, 0.4) is 0 Å². The molecule has 0 aliphatic carbocycles. The number of nitrogens with zero attached hydrogens (tertiary/aromatic N) is 2. The molecule has 28 heavy (non-hydrogen) atoms. The molecule has 0 atom stereocenters. The van der Waals surface area contributed by atoms with Crippen molar-refractivity contribution >= 4 is 11.9 Å². The number of aromatic amines is 2. The predicted octanol–water partition coefficient (Wildman–Crippen LogP) is -2.21. The van der Waals surface area contributed by atoms with E-state index in [1.807, 2.05) is 0 Å². The summed E-state index contributed by atoms with van der Waals surface area (Å²) in [4.78, 5) is 73.2. The number of hydrogen-bond acceptors (Lipinski definition) is 8. The molecule has 150 valence electrons. The van der Waals surface area contributed by atoms with Crippen LogP contribution >= 0.6 is 0 Å². The lowest BCUT2D eigenvalue weighted by atomic mass is 10.4. The van der Waals surface area contributed by atoms with Gasteiger partial charge in [-0.05, 0) is 13.8 Å². The molecule has 0 unspecified atom stereocenters. The minimum Gasteiger partial charge on any atom is -0.461 e. The van der Waals surface area contributed by atoms with Crippen LogP contribution in [-0.4, -0.2) is 44.3 Å². The molecule has 0 spiro atoms. The van der Waals surface area contributed by atoms with Gasteiger partial charge in [0.25, 0.3) is 11.1 Å². The number of hydrogen-bond donors (Lipinski definition) is 2. The van der Waals surface area contributed by atoms with Crippen LogP contribution in [0.5, 0.6) is 0 Å². The summed E-state index contributed by atoms with van der Waals surface area (Å²) >= 11 is 0. The molecule has 12 heteroatoms. The fraction of sp³-hybridized carbons (Fsp3) is 0.375. The van der Waals surface area contributed by atoms with Crippen molar-refractivity contribution in [3.05, 3.63) is 65.2 Å². The van der Waals surface area contributed by atoms with Crippen LogP contribution < -0.4 is 22.5 Å². The highest BCUT2D eigenvalue weighted by Gasteiger charge is 2.10. The van der Waals surface area contributed by atoms with Crippen molar-refractivity contribution in [1.82, 2.24) is 19.1 Å². The summed E-state index contributed by atoms with van der Waals surface area (Å²) in [5.74, 6) is -1.53. The molecule has 0 aromatic carbocycles. The molecule has 0 radical (unpaired) electrons. The van der Waals surface area contributed by atoms with Crippen LogP contribution in [0, 0.1) is 13.8 Å². The van der Waals surface area contributed by atoms with E-state index in [0.717, 1.165) is 9.13 Å². The fourth-order valence-corrected chi connectivity index (χ4v) is 2.15. The van der Waals surface area contributed by atoms with E-state index in [1.54, 1.807) is 0 Å². The Labute approximate surface area is 156 Å². The molecule has 0 aliphatic heterocycles. The van der Waals surface area contributed by atoms with E-state index in [9.17, 15) is 28.8 Å². The van der Waals surface area contributed by atoms with Gasteiger partial charge in [-0.2, -0.15) is 0 Å². The average Bonchev–Trinajstić information content (AvgIpc) is 2.61. The van der Waals surface area contributed by atoms with E-state index in [0.29, 0.717) is 0 Å². The van der Waals surface area contributed by atoms with Crippen LogP contribution in [0.15, 0.2) is 31.6 Å². The third-order valence-electron chi connectivity index (χ3n) is 3.59. The molecule has 0 fully saturated rings. The third-order valence-corrected chi connectivity index (χ3v) is 3.59. The van der Waals surface area contributed by atoms with Gasteiger partial charge in [-0.3, -0.25) is 38.3 Å². The number of aromatic nitrogens is 4. The Morgan fingerprint density at radius 2 is 1.14 bits per heavy atom. The number of esters is 2. The van der Waals surface area contributed by atoms with Gasteiger partial charge >= 0.3 is 23.3 Å². The van der Waals surface area contributed by atoms with Gasteiger partial charge in [0, 0.05) is 23.5 Å². The topological polar surface area (TPSA) is 162 Å². The molecule has 2 aromatic heterocycles. The lowest BCUT2D eigenvalue weighted by Crippen LogP contribution is -2.34. The largest absolute Gasteiger partial charge is 0.461 e. The number of carbonyl (C=O) groups is 2. The summed E-state index contributed by atoms with van der Waals surface area (Å²) in [6, 6.07) is 0. The summed E-state index contributed by atoms with van der Waals surface area (Å²) in [5, 5.41) is 0. The molecule has 0 aliphatic rings. The molecule has 0 saturated carbocycles. The van der Waals surface area contributed by atoms with E-state index in [-0.39, 0.29) is 24.3 Å². The Balaban J connectivity index is 1.79. The van der Waals surface area contributed by atoms with Gasteiger partial charge in [-0.1, -0.05) is 0 Å². The summed E-state index contributed by atoms with van der Waals surface area (Å²) in [6.45, 7) is 1.60. The quantitative estimate of drug-likeness (QED) is 0.394. The third kappa shape index (κ3) is 5.40. The summed E-state index contributed by atoms with van der Waals surface area (Å²) in [6.07, 6.45) is 2.46. The fourth-order valence-electron chi connectivity index (χ4n) is 2.15. The van der Waals surface area contributed by atoms with Crippen molar-refractivity contribution in [3.8, 4) is 0 Å². The highest BCUT2D eigenvalue weighted by molar-refractivity contribution is 5.70. The van der Waals surface area contributed by atoms with Crippen LogP contribution in [0.2, 0.25) is 0 Å². The lowest BCUT2D eigenvalue weighted by Gasteiger charge is -2.09. The van der Waals surface area contributed by atoms with Gasteiger partial charge in [-0.15, -0.1) is 0 Å². The average molecular weight is 394 g/mol. The van der Waals surface area contributed by atoms with Gasteiger partial charge in [0.05, 0.1) is 0 Å². The molecule has 0 amide bonds. The number of carbonyl (C=O) groups excluding carboxylic acids is 2. The Morgan fingerprint density at radius 3 is 1.50 bits per heavy atom. The second kappa shape index (κ2) is 8.79. The first-order chi connectivity index (χ1) is 13.2.